The number of nitrogens with one attached hydrogen (secondary N) is 2. The number of carbonyl (C=O) groups excluding carboxylic acids is 1. The normalized spacial score (nSPS) is 14.8. The van der Waals surface area contributed by atoms with Crippen LogP contribution < -0.4 is 10.6 Å². The van der Waals surface area contributed by atoms with E-state index in [0.29, 0.717) is 12.4 Å². The van der Waals surface area contributed by atoms with E-state index in [1.54, 1.807) is 0 Å². The summed E-state index contributed by atoms with van der Waals surface area (Å²) >= 11 is 0. The molecule has 1 aliphatic rings. The van der Waals surface area contributed by atoms with E-state index in [2.05, 4.69) is 25.5 Å². The van der Waals surface area contributed by atoms with E-state index >= 15 is 0 Å². The largest absolute Gasteiger partial charge is 0.379 e. The highest BCUT2D eigenvalue weighted by atomic mass is 19.1. The standard InChI is InChI=1S/C17H19F2N5O2/c18-12-2-1-3-13(19)16(12)23-17(25)14-10-22-15(11-21-14)20-4-5-24-6-8-26-9-7-24/h1-3,10-11H,4-9H2,(H,20,22)(H,23,25). The molecule has 0 atom stereocenters. The summed E-state index contributed by atoms with van der Waals surface area (Å²) in [7, 11) is 0. The fourth-order valence-electron chi connectivity index (χ4n) is 2.50. The molecule has 0 radical (unpaired) electrons. The Labute approximate surface area is 149 Å². The number of halogens is 2. The van der Waals surface area contributed by atoms with E-state index in [1.807, 2.05) is 0 Å². The molecule has 3 rings (SSSR count). The topological polar surface area (TPSA) is 79.4 Å². The van der Waals surface area contributed by atoms with E-state index < -0.39 is 23.2 Å². The molecule has 0 bridgehead atoms. The molecule has 138 valence electrons. The number of rotatable bonds is 6. The van der Waals surface area contributed by atoms with Crippen LogP contribution in [0.15, 0.2) is 30.6 Å². The molecule has 0 aliphatic carbocycles. The molecular formula is C17H19F2N5O2. The van der Waals surface area contributed by atoms with Crippen molar-refractivity contribution >= 4 is 17.4 Å². The molecular weight excluding hydrogens is 344 g/mol. The molecule has 7 nitrogen and oxygen atoms in total. The van der Waals surface area contributed by atoms with Gasteiger partial charge in [0.25, 0.3) is 5.91 Å². The number of amides is 1. The number of nitrogens with zero attached hydrogens (tertiary/aromatic N) is 3. The number of morpholine rings is 1. The SMILES string of the molecule is O=C(Nc1c(F)cccc1F)c1cnc(NCCN2CCOCC2)cn1. The molecule has 26 heavy (non-hydrogen) atoms. The molecule has 1 fully saturated rings. The van der Waals surface area contributed by atoms with Crippen molar-refractivity contribution in [3.8, 4) is 0 Å². The Morgan fingerprint density at radius 1 is 1.15 bits per heavy atom. The van der Waals surface area contributed by atoms with Gasteiger partial charge in [-0.05, 0) is 12.1 Å². The van der Waals surface area contributed by atoms with Gasteiger partial charge in [-0.25, -0.2) is 18.7 Å². The first-order valence-corrected chi connectivity index (χ1v) is 8.25. The molecule has 2 heterocycles. The minimum atomic E-state index is -0.854. The number of ether oxygens (including phenoxy) is 1. The lowest BCUT2D eigenvalue weighted by molar-refractivity contribution is 0.0398. The van der Waals surface area contributed by atoms with Crippen LogP contribution in [0.3, 0.4) is 0 Å². The van der Waals surface area contributed by atoms with E-state index in [1.165, 1.54) is 18.5 Å². The van der Waals surface area contributed by atoms with Crippen molar-refractivity contribution < 1.29 is 18.3 Å². The molecule has 1 amide bonds. The summed E-state index contributed by atoms with van der Waals surface area (Å²) < 4.78 is 32.4. The number of carbonyl (C=O) groups is 1. The molecule has 1 aromatic carbocycles. The van der Waals surface area contributed by atoms with Gasteiger partial charge in [0.15, 0.2) is 0 Å². The first kappa shape index (κ1) is 18.2. The minimum absolute atomic E-state index is 0.0358. The van der Waals surface area contributed by atoms with Crippen molar-refractivity contribution in [1.82, 2.24) is 14.9 Å². The number of aromatic nitrogens is 2. The molecule has 0 saturated carbocycles. The van der Waals surface area contributed by atoms with Gasteiger partial charge in [-0.2, -0.15) is 0 Å². The van der Waals surface area contributed by atoms with Gasteiger partial charge in [0, 0.05) is 26.2 Å². The predicted octanol–water partition coefficient (Wildman–Crippen LogP) is 1.75. The molecule has 0 spiro atoms. The Balaban J connectivity index is 1.52. The summed E-state index contributed by atoms with van der Waals surface area (Å²) in [6.07, 6.45) is 2.66. The van der Waals surface area contributed by atoms with Crippen LogP contribution in [0.4, 0.5) is 20.3 Å². The van der Waals surface area contributed by atoms with Gasteiger partial charge in [-0.15, -0.1) is 0 Å². The summed E-state index contributed by atoms with van der Waals surface area (Å²) in [5, 5.41) is 5.29. The number of anilines is 2. The third-order valence-electron chi connectivity index (χ3n) is 3.92. The summed E-state index contributed by atoms with van der Waals surface area (Å²) in [4.78, 5) is 22.4. The maximum atomic E-state index is 13.6. The minimum Gasteiger partial charge on any atom is -0.379 e. The number of para-hydroxylation sites is 1. The summed E-state index contributed by atoms with van der Waals surface area (Å²) in [6.45, 7) is 4.82. The van der Waals surface area contributed by atoms with Crippen molar-refractivity contribution in [3.05, 3.63) is 47.9 Å². The highest BCUT2D eigenvalue weighted by molar-refractivity contribution is 6.02. The van der Waals surface area contributed by atoms with Crippen LogP contribution >= 0.6 is 0 Å². The summed E-state index contributed by atoms with van der Waals surface area (Å²) in [5.74, 6) is -1.92. The van der Waals surface area contributed by atoms with E-state index in [0.717, 1.165) is 45.0 Å². The lowest BCUT2D eigenvalue weighted by Gasteiger charge is -2.26. The highest BCUT2D eigenvalue weighted by Crippen LogP contribution is 2.18. The lowest BCUT2D eigenvalue weighted by atomic mass is 10.3. The van der Waals surface area contributed by atoms with Gasteiger partial charge in [0.1, 0.15) is 28.8 Å². The second-order valence-corrected chi connectivity index (χ2v) is 5.72. The zero-order valence-corrected chi connectivity index (χ0v) is 14.0. The van der Waals surface area contributed by atoms with E-state index in [-0.39, 0.29) is 5.69 Å². The predicted molar refractivity (Wildman–Crippen MR) is 92.1 cm³/mol. The molecule has 1 saturated heterocycles. The van der Waals surface area contributed by atoms with Crippen LogP contribution in [0.25, 0.3) is 0 Å². The van der Waals surface area contributed by atoms with Gasteiger partial charge in [-0.3, -0.25) is 9.69 Å². The van der Waals surface area contributed by atoms with Crippen molar-refractivity contribution in [3.63, 3.8) is 0 Å². The molecule has 2 aromatic rings. The molecule has 1 aromatic heterocycles. The van der Waals surface area contributed by atoms with Gasteiger partial charge < -0.3 is 15.4 Å². The zero-order chi connectivity index (χ0) is 18.4. The van der Waals surface area contributed by atoms with Gasteiger partial charge >= 0.3 is 0 Å². The van der Waals surface area contributed by atoms with Crippen LogP contribution in [-0.4, -0.2) is 60.2 Å². The fraction of sp³-hybridized carbons (Fsp3) is 0.353. The average molecular weight is 363 g/mol. The maximum absolute atomic E-state index is 13.6. The Morgan fingerprint density at radius 3 is 2.54 bits per heavy atom. The summed E-state index contributed by atoms with van der Waals surface area (Å²) in [5.41, 5.74) is -0.543. The van der Waals surface area contributed by atoms with Crippen LogP contribution in [-0.2, 0) is 4.74 Å². The maximum Gasteiger partial charge on any atom is 0.276 e. The van der Waals surface area contributed by atoms with Gasteiger partial charge in [0.05, 0.1) is 25.6 Å². The molecule has 1 aliphatic heterocycles. The van der Waals surface area contributed by atoms with E-state index in [4.69, 9.17) is 4.74 Å². The number of hydrogen-bond donors (Lipinski definition) is 2. The monoisotopic (exact) mass is 363 g/mol. The molecule has 9 heteroatoms. The van der Waals surface area contributed by atoms with Crippen LogP contribution in [0.5, 0.6) is 0 Å². The van der Waals surface area contributed by atoms with Crippen LogP contribution in [0.1, 0.15) is 10.5 Å². The Morgan fingerprint density at radius 2 is 1.88 bits per heavy atom. The Bertz CT molecular complexity index is 731. The van der Waals surface area contributed by atoms with Crippen LogP contribution in [0.2, 0.25) is 0 Å². The highest BCUT2D eigenvalue weighted by Gasteiger charge is 2.15. The van der Waals surface area contributed by atoms with E-state index in [9.17, 15) is 13.6 Å². The molecule has 2 N–H and O–H groups in total. The van der Waals surface area contributed by atoms with Crippen molar-refractivity contribution in [2.75, 3.05) is 50.0 Å². The zero-order valence-electron chi connectivity index (χ0n) is 14.0. The first-order chi connectivity index (χ1) is 12.6. The quantitative estimate of drug-likeness (QED) is 0.814. The smallest absolute Gasteiger partial charge is 0.276 e. The first-order valence-electron chi connectivity index (χ1n) is 8.25. The second kappa shape index (κ2) is 8.63. The van der Waals surface area contributed by atoms with Crippen molar-refractivity contribution in [1.29, 1.82) is 0 Å². The van der Waals surface area contributed by atoms with Crippen LogP contribution in [0, 0.1) is 11.6 Å². The van der Waals surface area contributed by atoms with Crippen molar-refractivity contribution in [2.24, 2.45) is 0 Å². The third-order valence-corrected chi connectivity index (χ3v) is 3.92. The average Bonchev–Trinajstić information content (AvgIpc) is 2.66. The third kappa shape index (κ3) is 4.70. The van der Waals surface area contributed by atoms with Crippen molar-refractivity contribution in [2.45, 2.75) is 0 Å². The lowest BCUT2D eigenvalue weighted by Crippen LogP contribution is -2.39. The second-order valence-electron chi connectivity index (χ2n) is 5.72. The Hall–Kier alpha value is -2.65. The van der Waals surface area contributed by atoms with Gasteiger partial charge in [0.2, 0.25) is 0 Å². The summed E-state index contributed by atoms with van der Waals surface area (Å²) in [6, 6.07) is 3.34. The molecule has 0 unspecified atom stereocenters. The Kier molecular flexibility index (Phi) is 6.03. The fourth-order valence-corrected chi connectivity index (χ4v) is 2.50. The number of benzene rings is 1. The number of hydrogen-bond acceptors (Lipinski definition) is 6. The van der Waals surface area contributed by atoms with Gasteiger partial charge in [-0.1, -0.05) is 6.07 Å².